The molecule has 0 fully saturated rings. The average Bonchev–Trinajstić information content (AvgIpc) is 2.82. The molecular weight excluding hydrogens is 428 g/mol. The zero-order valence-corrected chi connectivity index (χ0v) is 21.3. The van der Waals surface area contributed by atoms with E-state index in [9.17, 15) is 4.79 Å². The van der Waals surface area contributed by atoms with Crippen molar-refractivity contribution in [1.29, 1.82) is 0 Å². The molecule has 0 aromatic carbocycles. The average molecular weight is 479 g/mol. The van der Waals surface area contributed by atoms with Crippen LogP contribution in [0.4, 0.5) is 0 Å². The van der Waals surface area contributed by atoms with Gasteiger partial charge in [0.25, 0.3) is 0 Å². The fourth-order valence-corrected chi connectivity index (χ4v) is 2.78. The largest absolute Gasteiger partial charge is 0.463 e. The Bertz CT molecular complexity index is 381. The molecule has 8 heteroatoms. The SMILES string of the molecule is CCCCCCCCC(=O)OCCOCCOCCOCCOCCOCCOCCCC. The molecule has 0 aliphatic heterocycles. The third-order valence-corrected chi connectivity index (χ3v) is 4.73. The summed E-state index contributed by atoms with van der Waals surface area (Å²) in [5, 5.41) is 0. The highest BCUT2D eigenvalue weighted by Gasteiger charge is 2.02. The molecule has 0 N–H and O–H groups in total. The van der Waals surface area contributed by atoms with Crippen LogP contribution in [0.25, 0.3) is 0 Å². The Kier molecular flexibility index (Phi) is 28.6. The Morgan fingerprint density at radius 2 is 0.788 bits per heavy atom. The number of hydrogen-bond acceptors (Lipinski definition) is 8. The molecule has 0 rings (SSSR count). The predicted molar refractivity (Wildman–Crippen MR) is 129 cm³/mol. The van der Waals surface area contributed by atoms with Crippen LogP contribution in [-0.4, -0.2) is 91.9 Å². The lowest BCUT2D eigenvalue weighted by atomic mass is 10.1. The molecule has 0 unspecified atom stereocenters. The van der Waals surface area contributed by atoms with E-state index in [1.54, 1.807) is 0 Å². The Morgan fingerprint density at radius 1 is 0.424 bits per heavy atom. The third-order valence-electron chi connectivity index (χ3n) is 4.73. The normalized spacial score (nSPS) is 11.2. The van der Waals surface area contributed by atoms with E-state index >= 15 is 0 Å². The van der Waals surface area contributed by atoms with E-state index < -0.39 is 0 Å². The molecule has 0 bridgehead atoms. The summed E-state index contributed by atoms with van der Waals surface area (Å²) in [6, 6.07) is 0. The van der Waals surface area contributed by atoms with Crippen molar-refractivity contribution in [3.05, 3.63) is 0 Å². The van der Waals surface area contributed by atoms with Gasteiger partial charge in [0.05, 0.1) is 72.7 Å². The van der Waals surface area contributed by atoms with Crippen molar-refractivity contribution in [3.8, 4) is 0 Å². The highest BCUT2D eigenvalue weighted by Crippen LogP contribution is 2.07. The maximum atomic E-state index is 11.6. The van der Waals surface area contributed by atoms with Gasteiger partial charge in [-0.1, -0.05) is 52.4 Å². The Morgan fingerprint density at radius 3 is 1.24 bits per heavy atom. The van der Waals surface area contributed by atoms with Crippen LogP contribution in [0.5, 0.6) is 0 Å². The van der Waals surface area contributed by atoms with E-state index in [0.717, 1.165) is 32.3 Å². The summed E-state index contributed by atoms with van der Waals surface area (Å²) < 4.78 is 37.7. The van der Waals surface area contributed by atoms with Crippen molar-refractivity contribution in [1.82, 2.24) is 0 Å². The minimum Gasteiger partial charge on any atom is -0.463 e. The lowest BCUT2D eigenvalue weighted by molar-refractivity contribution is -0.145. The molecule has 8 nitrogen and oxygen atoms in total. The van der Waals surface area contributed by atoms with Crippen LogP contribution < -0.4 is 0 Å². The Balaban J connectivity index is 3.09. The first kappa shape index (κ1) is 32.2. The van der Waals surface area contributed by atoms with Gasteiger partial charge in [-0.2, -0.15) is 0 Å². The van der Waals surface area contributed by atoms with E-state index in [-0.39, 0.29) is 5.97 Å². The zero-order chi connectivity index (χ0) is 24.1. The van der Waals surface area contributed by atoms with Gasteiger partial charge in [0.2, 0.25) is 0 Å². The second-order valence-corrected chi connectivity index (χ2v) is 7.77. The fraction of sp³-hybridized carbons (Fsp3) is 0.960. The lowest BCUT2D eigenvalue weighted by Crippen LogP contribution is -2.15. The van der Waals surface area contributed by atoms with Crippen LogP contribution in [0.15, 0.2) is 0 Å². The summed E-state index contributed by atoms with van der Waals surface area (Å²) in [6.07, 6.45) is 9.74. The van der Waals surface area contributed by atoms with Crippen LogP contribution in [0.3, 0.4) is 0 Å². The van der Waals surface area contributed by atoms with E-state index in [1.807, 2.05) is 0 Å². The van der Waals surface area contributed by atoms with E-state index in [1.165, 1.54) is 25.7 Å². The van der Waals surface area contributed by atoms with Crippen molar-refractivity contribution >= 4 is 5.97 Å². The molecule has 0 heterocycles. The second kappa shape index (κ2) is 29.3. The predicted octanol–water partition coefficient (Wildman–Crippen LogP) is 4.18. The summed E-state index contributed by atoms with van der Waals surface area (Å²) in [7, 11) is 0. The summed E-state index contributed by atoms with van der Waals surface area (Å²) in [6.45, 7) is 11.3. The highest BCUT2D eigenvalue weighted by atomic mass is 16.6. The van der Waals surface area contributed by atoms with Crippen molar-refractivity contribution in [2.75, 3.05) is 85.9 Å². The van der Waals surface area contributed by atoms with Gasteiger partial charge < -0.3 is 33.2 Å². The van der Waals surface area contributed by atoms with Gasteiger partial charge in [-0.05, 0) is 12.8 Å². The summed E-state index contributed by atoms with van der Waals surface area (Å²) >= 11 is 0. The van der Waals surface area contributed by atoms with Crippen molar-refractivity contribution < 1.29 is 38.0 Å². The van der Waals surface area contributed by atoms with Crippen molar-refractivity contribution in [3.63, 3.8) is 0 Å². The first-order chi connectivity index (χ1) is 16.3. The van der Waals surface area contributed by atoms with Crippen molar-refractivity contribution in [2.24, 2.45) is 0 Å². The van der Waals surface area contributed by atoms with E-state index in [4.69, 9.17) is 33.2 Å². The van der Waals surface area contributed by atoms with E-state index in [0.29, 0.717) is 85.7 Å². The molecule has 0 aromatic rings. The number of unbranched alkanes of at least 4 members (excludes halogenated alkanes) is 6. The standard InChI is InChI=1S/C25H50O8/c1-3-5-7-8-9-10-11-25(26)33-24-23-32-22-21-31-20-19-30-18-17-29-16-15-28-14-13-27-12-6-4-2/h3-24H2,1-2H3. The number of carbonyl (C=O) groups is 1. The molecule has 0 aromatic heterocycles. The number of esters is 1. The first-order valence-corrected chi connectivity index (χ1v) is 12.9. The van der Waals surface area contributed by atoms with Crippen LogP contribution in [0, 0.1) is 0 Å². The zero-order valence-electron chi connectivity index (χ0n) is 21.3. The lowest BCUT2D eigenvalue weighted by Gasteiger charge is -2.08. The topological polar surface area (TPSA) is 81.7 Å². The smallest absolute Gasteiger partial charge is 0.305 e. The van der Waals surface area contributed by atoms with Crippen LogP contribution in [-0.2, 0) is 38.0 Å². The maximum absolute atomic E-state index is 11.6. The van der Waals surface area contributed by atoms with Gasteiger partial charge >= 0.3 is 5.97 Å². The van der Waals surface area contributed by atoms with Crippen LogP contribution in [0.2, 0.25) is 0 Å². The molecule has 0 aliphatic carbocycles. The van der Waals surface area contributed by atoms with Gasteiger partial charge in [-0.3, -0.25) is 4.79 Å². The van der Waals surface area contributed by atoms with Gasteiger partial charge in [-0.25, -0.2) is 0 Å². The number of rotatable bonds is 28. The van der Waals surface area contributed by atoms with Gasteiger partial charge in [-0.15, -0.1) is 0 Å². The summed E-state index contributed by atoms with van der Waals surface area (Å²) in [5.41, 5.74) is 0. The Hall–Kier alpha value is -0.770. The minimum atomic E-state index is -0.133. The first-order valence-electron chi connectivity index (χ1n) is 12.9. The molecule has 0 radical (unpaired) electrons. The molecule has 33 heavy (non-hydrogen) atoms. The minimum absolute atomic E-state index is 0.133. The van der Waals surface area contributed by atoms with Crippen LogP contribution >= 0.6 is 0 Å². The van der Waals surface area contributed by atoms with Gasteiger partial charge in [0.1, 0.15) is 6.61 Å². The van der Waals surface area contributed by atoms with Crippen molar-refractivity contribution in [2.45, 2.75) is 71.6 Å². The van der Waals surface area contributed by atoms with Crippen LogP contribution in [0.1, 0.15) is 71.6 Å². The maximum Gasteiger partial charge on any atom is 0.305 e. The fourth-order valence-electron chi connectivity index (χ4n) is 2.78. The molecule has 0 saturated heterocycles. The second-order valence-electron chi connectivity index (χ2n) is 7.77. The van der Waals surface area contributed by atoms with Gasteiger partial charge in [0.15, 0.2) is 0 Å². The Labute approximate surface area is 201 Å². The quantitative estimate of drug-likeness (QED) is 0.122. The van der Waals surface area contributed by atoms with Gasteiger partial charge in [0, 0.05) is 13.0 Å². The molecular formula is C25H50O8. The summed E-state index contributed by atoms with van der Waals surface area (Å²) in [4.78, 5) is 11.6. The summed E-state index contributed by atoms with van der Waals surface area (Å²) in [5.74, 6) is -0.133. The molecule has 0 saturated carbocycles. The molecule has 0 amide bonds. The number of carbonyl (C=O) groups excluding carboxylic acids is 1. The third kappa shape index (κ3) is 29.2. The molecule has 0 spiro atoms. The monoisotopic (exact) mass is 478 g/mol. The van der Waals surface area contributed by atoms with E-state index in [2.05, 4.69) is 13.8 Å². The highest BCUT2D eigenvalue weighted by molar-refractivity contribution is 5.69. The number of hydrogen-bond donors (Lipinski definition) is 0. The molecule has 0 aliphatic rings. The molecule has 198 valence electrons. The number of ether oxygens (including phenoxy) is 7. The molecule has 0 atom stereocenters.